The van der Waals surface area contributed by atoms with Gasteiger partial charge in [-0.15, -0.1) is 5.10 Å². The molecule has 7 nitrogen and oxygen atoms in total. The van der Waals surface area contributed by atoms with E-state index in [1.165, 1.54) is 17.4 Å². The van der Waals surface area contributed by atoms with Gasteiger partial charge in [0.1, 0.15) is 0 Å². The van der Waals surface area contributed by atoms with E-state index in [9.17, 15) is 0 Å². The largest absolute Gasteiger partial charge is 0.367 e. The van der Waals surface area contributed by atoms with Crippen LogP contribution in [0.3, 0.4) is 0 Å². The number of allylic oxidation sites excluding steroid dienone is 4. The first-order valence-electron chi connectivity index (χ1n) is 5.52. The molecule has 0 aliphatic carbocycles. The van der Waals surface area contributed by atoms with Gasteiger partial charge in [0.25, 0.3) is 0 Å². The molecule has 0 bridgehead atoms. The van der Waals surface area contributed by atoms with Gasteiger partial charge in [-0.2, -0.15) is 5.10 Å². The van der Waals surface area contributed by atoms with Crippen molar-refractivity contribution in [2.45, 2.75) is 33.6 Å². The minimum absolute atomic E-state index is 0.230. The summed E-state index contributed by atoms with van der Waals surface area (Å²) in [6.07, 6.45) is 7.44. The zero-order chi connectivity index (χ0) is 14.0. The second-order valence-electron chi connectivity index (χ2n) is 3.98. The minimum Gasteiger partial charge on any atom is -0.367 e. The van der Waals surface area contributed by atoms with E-state index in [0.29, 0.717) is 0 Å². The molecule has 0 heterocycles. The molecular weight excluding hydrogens is 234 g/mol. The Balaban J connectivity index is 4.08. The van der Waals surface area contributed by atoms with Crippen molar-refractivity contribution < 1.29 is 10.4 Å². The highest BCUT2D eigenvalue weighted by Crippen LogP contribution is 2.05. The van der Waals surface area contributed by atoms with Crippen molar-refractivity contribution in [3.63, 3.8) is 0 Å². The highest BCUT2D eigenvalue weighted by molar-refractivity contribution is 5.78. The van der Waals surface area contributed by atoms with Gasteiger partial charge in [0, 0.05) is 11.6 Å². The standard InChI is InChI=1S/C11H21N5O2/c1-9(2)5-4-6-10(3)7-8-13-14-11(12)15-16(17)18/h5,7-8,17-18H,4,6H2,1-3H3,(H3,12,14,15). The van der Waals surface area contributed by atoms with Gasteiger partial charge in [-0.25, -0.2) is 5.43 Å². The summed E-state index contributed by atoms with van der Waals surface area (Å²) >= 11 is 0. The summed E-state index contributed by atoms with van der Waals surface area (Å²) < 4.78 is 0. The van der Waals surface area contributed by atoms with Crippen LogP contribution in [0.2, 0.25) is 0 Å². The maximum Gasteiger partial charge on any atom is 0.232 e. The van der Waals surface area contributed by atoms with E-state index in [1.54, 1.807) is 0 Å². The molecule has 0 radical (unpaired) electrons. The lowest BCUT2D eigenvalue weighted by atomic mass is 10.1. The van der Waals surface area contributed by atoms with Gasteiger partial charge in [0.2, 0.25) is 5.96 Å². The molecule has 0 saturated heterocycles. The molecule has 0 fully saturated rings. The number of hydrogen-bond acceptors (Lipinski definition) is 5. The van der Waals surface area contributed by atoms with Crippen molar-refractivity contribution in [2.75, 3.05) is 0 Å². The van der Waals surface area contributed by atoms with Crippen LogP contribution in [-0.4, -0.2) is 27.9 Å². The molecule has 0 spiro atoms. The minimum atomic E-state index is -0.297. The molecule has 5 N–H and O–H groups in total. The van der Waals surface area contributed by atoms with Crippen molar-refractivity contribution in [1.29, 1.82) is 0 Å². The van der Waals surface area contributed by atoms with Gasteiger partial charge in [0.15, 0.2) is 0 Å². The van der Waals surface area contributed by atoms with Gasteiger partial charge < -0.3 is 5.73 Å². The smallest absolute Gasteiger partial charge is 0.232 e. The van der Waals surface area contributed by atoms with Crippen molar-refractivity contribution >= 4 is 12.2 Å². The van der Waals surface area contributed by atoms with Crippen molar-refractivity contribution in [2.24, 2.45) is 15.9 Å². The number of nitrogens with zero attached hydrogens (tertiary/aromatic N) is 3. The maximum absolute atomic E-state index is 8.36. The number of hydrogen-bond donors (Lipinski definition) is 4. The Labute approximate surface area is 107 Å². The molecule has 0 aromatic heterocycles. The van der Waals surface area contributed by atoms with Gasteiger partial charge >= 0.3 is 0 Å². The van der Waals surface area contributed by atoms with E-state index >= 15 is 0 Å². The van der Waals surface area contributed by atoms with Crippen LogP contribution in [0.1, 0.15) is 33.6 Å². The number of nitrogens with one attached hydrogen (secondary N) is 1. The summed E-state index contributed by atoms with van der Waals surface area (Å²) in [6.45, 7) is 6.13. The number of hydrazine groups is 1. The van der Waals surface area contributed by atoms with Crippen LogP contribution in [0.4, 0.5) is 0 Å². The average molecular weight is 255 g/mol. The average Bonchev–Trinajstić information content (AvgIpc) is 2.23. The summed E-state index contributed by atoms with van der Waals surface area (Å²) in [5.74, 6) is -0.230. The molecule has 0 atom stereocenters. The van der Waals surface area contributed by atoms with Gasteiger partial charge in [-0.3, -0.25) is 10.4 Å². The van der Waals surface area contributed by atoms with E-state index < -0.39 is 0 Å². The Kier molecular flexibility index (Phi) is 8.46. The van der Waals surface area contributed by atoms with Crippen LogP contribution < -0.4 is 11.2 Å². The summed E-state index contributed by atoms with van der Waals surface area (Å²) in [5.41, 5.74) is 9.62. The highest BCUT2D eigenvalue weighted by Gasteiger charge is 1.92. The Hall–Kier alpha value is -1.70. The summed E-state index contributed by atoms with van der Waals surface area (Å²) in [4.78, 5) is 0. The normalized spacial score (nSPS) is 13.2. The molecule has 18 heavy (non-hydrogen) atoms. The first-order chi connectivity index (χ1) is 8.41. The lowest BCUT2D eigenvalue weighted by Crippen LogP contribution is -2.41. The molecule has 0 saturated carbocycles. The zero-order valence-electron chi connectivity index (χ0n) is 11.0. The van der Waals surface area contributed by atoms with E-state index in [0.717, 1.165) is 12.8 Å². The van der Waals surface area contributed by atoms with Crippen molar-refractivity contribution in [3.8, 4) is 0 Å². The van der Waals surface area contributed by atoms with E-state index in [-0.39, 0.29) is 11.3 Å². The number of rotatable bonds is 6. The quantitative estimate of drug-likeness (QED) is 0.249. The van der Waals surface area contributed by atoms with E-state index in [2.05, 4.69) is 30.1 Å². The number of guanidine groups is 1. The summed E-state index contributed by atoms with van der Waals surface area (Å²) in [5, 5.41) is 23.5. The van der Waals surface area contributed by atoms with Gasteiger partial charge in [0.05, 0.1) is 0 Å². The van der Waals surface area contributed by atoms with Gasteiger partial charge in [-0.1, -0.05) is 17.2 Å². The third-order valence-corrected chi connectivity index (χ3v) is 1.90. The van der Waals surface area contributed by atoms with Crippen LogP contribution in [0.15, 0.2) is 33.5 Å². The third kappa shape index (κ3) is 10.8. The Bertz CT molecular complexity index is 354. The first-order valence-corrected chi connectivity index (χ1v) is 5.52. The van der Waals surface area contributed by atoms with Crippen LogP contribution in [0.5, 0.6) is 0 Å². The van der Waals surface area contributed by atoms with Crippen molar-refractivity contribution in [1.82, 2.24) is 10.8 Å². The molecule has 0 aliphatic rings. The van der Waals surface area contributed by atoms with Crippen LogP contribution in [0.25, 0.3) is 0 Å². The second-order valence-corrected chi connectivity index (χ2v) is 3.98. The van der Waals surface area contributed by atoms with Crippen molar-refractivity contribution in [3.05, 3.63) is 23.3 Å². The fourth-order valence-electron chi connectivity index (χ4n) is 1.05. The Morgan fingerprint density at radius 2 is 2.00 bits per heavy atom. The molecule has 0 amide bonds. The van der Waals surface area contributed by atoms with E-state index in [1.807, 2.05) is 18.4 Å². The summed E-state index contributed by atoms with van der Waals surface area (Å²) in [7, 11) is 0. The monoisotopic (exact) mass is 255 g/mol. The maximum atomic E-state index is 8.36. The van der Waals surface area contributed by atoms with Gasteiger partial charge in [-0.05, 0) is 39.7 Å². The Morgan fingerprint density at radius 3 is 2.56 bits per heavy atom. The number of nitrogens with two attached hydrogens (primary N) is 1. The summed E-state index contributed by atoms with van der Waals surface area (Å²) in [6, 6.07) is 0. The lowest BCUT2D eigenvalue weighted by molar-refractivity contribution is -0.329. The molecule has 0 rings (SSSR count). The molecule has 0 aliphatic heterocycles. The molecule has 0 aromatic rings. The lowest BCUT2D eigenvalue weighted by Gasteiger charge is -2.05. The predicted molar refractivity (Wildman–Crippen MR) is 71.1 cm³/mol. The molecule has 0 aromatic carbocycles. The highest BCUT2D eigenvalue weighted by atomic mass is 16.8. The third-order valence-electron chi connectivity index (χ3n) is 1.90. The Morgan fingerprint density at radius 1 is 1.33 bits per heavy atom. The van der Waals surface area contributed by atoms with E-state index in [4.69, 9.17) is 16.1 Å². The second kappa shape index (κ2) is 9.34. The first kappa shape index (κ1) is 16.3. The zero-order valence-corrected chi connectivity index (χ0v) is 11.0. The fourth-order valence-corrected chi connectivity index (χ4v) is 1.05. The predicted octanol–water partition coefficient (Wildman–Crippen LogP) is 1.56. The van der Waals surface area contributed by atoms with Crippen LogP contribution in [-0.2, 0) is 0 Å². The molecule has 7 heteroatoms. The topological polar surface area (TPSA) is 106 Å². The van der Waals surface area contributed by atoms with Crippen LogP contribution in [0, 0.1) is 0 Å². The molecule has 0 unspecified atom stereocenters. The SMILES string of the molecule is CC(C)=CCCC(C)=CC=NN=C(N)NN(O)O. The fraction of sp³-hybridized carbons (Fsp3) is 0.455. The van der Waals surface area contributed by atoms with Crippen LogP contribution >= 0.6 is 0 Å². The molecular formula is C11H21N5O2. The molecule has 102 valence electrons.